The Labute approximate surface area is 145 Å². The minimum absolute atomic E-state index is 0.0893. The number of carbonyl (C=O) groups is 2. The number of nitrogens with zero attached hydrogens (tertiary/aromatic N) is 2. The number of aromatic amines is 1. The summed E-state index contributed by atoms with van der Waals surface area (Å²) in [6.45, 7) is 4.18. The first kappa shape index (κ1) is 16.7. The molecule has 0 aliphatic rings. The summed E-state index contributed by atoms with van der Waals surface area (Å²) < 4.78 is 0. The predicted octanol–water partition coefficient (Wildman–Crippen LogP) is 2.94. The number of imidazole rings is 1. The molecular weight excluding hydrogens is 316 g/mol. The van der Waals surface area contributed by atoms with Gasteiger partial charge in [-0.15, -0.1) is 0 Å². The zero-order valence-corrected chi connectivity index (χ0v) is 14.2. The summed E-state index contributed by atoms with van der Waals surface area (Å²) >= 11 is 0. The zero-order valence-electron chi connectivity index (χ0n) is 14.2. The Hall–Kier alpha value is -3.15. The summed E-state index contributed by atoms with van der Waals surface area (Å²) in [5.74, 6) is -1.20. The summed E-state index contributed by atoms with van der Waals surface area (Å²) in [6, 6.07) is 14.8. The highest BCUT2D eigenvalue weighted by molar-refractivity contribution is 6.39. The number of H-pyrrole nitrogens is 1. The van der Waals surface area contributed by atoms with Gasteiger partial charge in [0.05, 0.1) is 17.4 Å². The van der Waals surface area contributed by atoms with Gasteiger partial charge in [0.2, 0.25) is 0 Å². The highest BCUT2D eigenvalue weighted by Crippen LogP contribution is 2.16. The van der Waals surface area contributed by atoms with Gasteiger partial charge in [0.25, 0.3) is 0 Å². The fourth-order valence-electron chi connectivity index (χ4n) is 2.60. The Morgan fingerprint density at radius 3 is 2.64 bits per heavy atom. The Morgan fingerprint density at radius 1 is 1.16 bits per heavy atom. The molecule has 1 aromatic heterocycles. The molecule has 0 bridgehead atoms. The average molecular weight is 336 g/mol. The van der Waals surface area contributed by atoms with E-state index in [-0.39, 0.29) is 6.04 Å². The Morgan fingerprint density at radius 2 is 1.92 bits per heavy atom. The van der Waals surface area contributed by atoms with Crippen LogP contribution in [0.1, 0.15) is 19.4 Å². The number of benzene rings is 2. The minimum atomic E-state index is -0.650. The molecule has 2 N–H and O–H groups in total. The summed E-state index contributed by atoms with van der Waals surface area (Å²) in [5.41, 5.74) is 3.14. The molecule has 0 saturated heterocycles. The standard InChI is InChI=1S/C19H20N4O2/c1-13(2)23(11-14-6-4-3-5-7-14)19(25)18(24)22-15-8-9-16-17(10-15)21-12-20-16/h3-10,12-13H,11H2,1-2H3,(H,20,21)(H,22,24). The van der Waals surface area contributed by atoms with Crippen LogP contribution in [0.4, 0.5) is 5.69 Å². The lowest BCUT2D eigenvalue weighted by Gasteiger charge is -2.26. The van der Waals surface area contributed by atoms with Gasteiger partial charge >= 0.3 is 11.8 Å². The van der Waals surface area contributed by atoms with Crippen LogP contribution in [0.2, 0.25) is 0 Å². The third kappa shape index (κ3) is 3.85. The van der Waals surface area contributed by atoms with Crippen molar-refractivity contribution in [1.82, 2.24) is 14.9 Å². The molecule has 0 atom stereocenters. The summed E-state index contributed by atoms with van der Waals surface area (Å²) in [6.07, 6.45) is 1.59. The van der Waals surface area contributed by atoms with Gasteiger partial charge in [-0.1, -0.05) is 30.3 Å². The van der Waals surface area contributed by atoms with Crippen molar-refractivity contribution in [2.45, 2.75) is 26.4 Å². The number of aromatic nitrogens is 2. The van der Waals surface area contributed by atoms with E-state index in [1.165, 1.54) is 0 Å². The highest BCUT2D eigenvalue weighted by Gasteiger charge is 2.24. The number of carbonyl (C=O) groups excluding carboxylic acids is 2. The molecule has 2 aromatic carbocycles. The van der Waals surface area contributed by atoms with Gasteiger partial charge in [-0.2, -0.15) is 0 Å². The van der Waals surface area contributed by atoms with E-state index in [1.807, 2.05) is 44.2 Å². The number of anilines is 1. The molecule has 0 aliphatic heterocycles. The van der Waals surface area contributed by atoms with Crippen LogP contribution in [0.5, 0.6) is 0 Å². The fourth-order valence-corrected chi connectivity index (χ4v) is 2.60. The largest absolute Gasteiger partial charge is 0.345 e. The van der Waals surface area contributed by atoms with E-state index in [9.17, 15) is 9.59 Å². The molecule has 0 fully saturated rings. The second-order valence-corrected chi connectivity index (χ2v) is 6.10. The van der Waals surface area contributed by atoms with Gasteiger partial charge in [-0.3, -0.25) is 9.59 Å². The number of fused-ring (bicyclic) bond motifs is 1. The molecule has 3 rings (SSSR count). The first-order valence-corrected chi connectivity index (χ1v) is 8.13. The lowest BCUT2D eigenvalue weighted by atomic mass is 10.2. The number of amides is 2. The van der Waals surface area contributed by atoms with Crippen molar-refractivity contribution in [3.63, 3.8) is 0 Å². The molecule has 2 amide bonds. The topological polar surface area (TPSA) is 78.1 Å². The van der Waals surface area contributed by atoms with E-state index in [0.29, 0.717) is 12.2 Å². The number of hydrogen-bond acceptors (Lipinski definition) is 3. The van der Waals surface area contributed by atoms with Gasteiger partial charge in [0, 0.05) is 18.3 Å². The smallest absolute Gasteiger partial charge is 0.313 e. The van der Waals surface area contributed by atoms with E-state index in [4.69, 9.17) is 0 Å². The van der Waals surface area contributed by atoms with Crippen LogP contribution in [0.15, 0.2) is 54.9 Å². The van der Waals surface area contributed by atoms with Gasteiger partial charge in [0.1, 0.15) is 0 Å². The number of hydrogen-bond donors (Lipinski definition) is 2. The molecule has 0 aliphatic carbocycles. The van der Waals surface area contributed by atoms with Crippen LogP contribution in [0, 0.1) is 0 Å². The lowest BCUT2D eigenvalue weighted by molar-refractivity contribution is -0.144. The van der Waals surface area contributed by atoms with Crippen molar-refractivity contribution in [3.05, 3.63) is 60.4 Å². The molecule has 6 heteroatoms. The Kier molecular flexibility index (Phi) is 4.79. The molecule has 0 unspecified atom stereocenters. The van der Waals surface area contributed by atoms with Crippen molar-refractivity contribution >= 4 is 28.5 Å². The van der Waals surface area contributed by atoms with Crippen LogP contribution in [0.3, 0.4) is 0 Å². The third-order valence-electron chi connectivity index (χ3n) is 3.95. The van der Waals surface area contributed by atoms with Gasteiger partial charge < -0.3 is 15.2 Å². The molecule has 25 heavy (non-hydrogen) atoms. The van der Waals surface area contributed by atoms with E-state index in [1.54, 1.807) is 29.4 Å². The molecule has 1 heterocycles. The van der Waals surface area contributed by atoms with E-state index >= 15 is 0 Å². The van der Waals surface area contributed by atoms with Crippen molar-refractivity contribution in [3.8, 4) is 0 Å². The zero-order chi connectivity index (χ0) is 17.8. The van der Waals surface area contributed by atoms with Crippen molar-refractivity contribution < 1.29 is 9.59 Å². The van der Waals surface area contributed by atoms with Crippen LogP contribution in [-0.4, -0.2) is 32.7 Å². The van der Waals surface area contributed by atoms with Crippen LogP contribution >= 0.6 is 0 Å². The molecule has 0 spiro atoms. The van der Waals surface area contributed by atoms with Gasteiger partial charge in [-0.25, -0.2) is 4.98 Å². The maximum atomic E-state index is 12.6. The first-order chi connectivity index (χ1) is 12.0. The average Bonchev–Trinajstić information content (AvgIpc) is 3.07. The summed E-state index contributed by atoms with van der Waals surface area (Å²) in [5, 5.41) is 2.67. The van der Waals surface area contributed by atoms with Crippen LogP contribution < -0.4 is 5.32 Å². The second-order valence-electron chi connectivity index (χ2n) is 6.10. The summed E-state index contributed by atoms with van der Waals surface area (Å²) in [4.78, 5) is 33.7. The van der Waals surface area contributed by atoms with E-state index in [2.05, 4.69) is 15.3 Å². The predicted molar refractivity (Wildman–Crippen MR) is 96.9 cm³/mol. The Bertz CT molecular complexity index is 887. The number of nitrogens with one attached hydrogen (secondary N) is 2. The minimum Gasteiger partial charge on any atom is -0.345 e. The molecule has 6 nitrogen and oxygen atoms in total. The SMILES string of the molecule is CC(C)N(Cc1ccccc1)C(=O)C(=O)Nc1ccc2nc[nH]c2c1. The Balaban J connectivity index is 1.73. The fraction of sp³-hybridized carbons (Fsp3) is 0.211. The van der Waals surface area contributed by atoms with Gasteiger partial charge in [0.15, 0.2) is 0 Å². The molecule has 128 valence electrons. The number of rotatable bonds is 4. The second kappa shape index (κ2) is 7.17. The lowest BCUT2D eigenvalue weighted by Crippen LogP contribution is -2.43. The first-order valence-electron chi connectivity index (χ1n) is 8.13. The molecule has 0 saturated carbocycles. The monoisotopic (exact) mass is 336 g/mol. The maximum absolute atomic E-state index is 12.6. The van der Waals surface area contributed by atoms with E-state index < -0.39 is 11.8 Å². The normalized spacial score (nSPS) is 10.8. The quantitative estimate of drug-likeness (QED) is 0.719. The summed E-state index contributed by atoms with van der Waals surface area (Å²) in [7, 11) is 0. The highest BCUT2D eigenvalue weighted by atomic mass is 16.2. The van der Waals surface area contributed by atoms with E-state index in [0.717, 1.165) is 16.6 Å². The third-order valence-corrected chi connectivity index (χ3v) is 3.95. The molecule has 3 aromatic rings. The van der Waals surface area contributed by atoms with Crippen molar-refractivity contribution in [2.75, 3.05) is 5.32 Å². The molecule has 0 radical (unpaired) electrons. The molecular formula is C19H20N4O2. The van der Waals surface area contributed by atoms with Gasteiger partial charge in [-0.05, 0) is 37.6 Å². The van der Waals surface area contributed by atoms with Crippen LogP contribution in [0.25, 0.3) is 11.0 Å². The maximum Gasteiger partial charge on any atom is 0.313 e. The van der Waals surface area contributed by atoms with Crippen molar-refractivity contribution in [1.29, 1.82) is 0 Å². The van der Waals surface area contributed by atoms with Crippen LogP contribution in [-0.2, 0) is 16.1 Å². The van der Waals surface area contributed by atoms with Crippen molar-refractivity contribution in [2.24, 2.45) is 0 Å².